The second kappa shape index (κ2) is 13.5. The van der Waals surface area contributed by atoms with E-state index in [2.05, 4.69) is 17.4 Å². The summed E-state index contributed by atoms with van der Waals surface area (Å²) >= 11 is 0. The highest BCUT2D eigenvalue weighted by molar-refractivity contribution is 5.80. The van der Waals surface area contributed by atoms with Gasteiger partial charge in [-0.3, -0.25) is 4.79 Å². The van der Waals surface area contributed by atoms with Crippen molar-refractivity contribution in [1.29, 1.82) is 0 Å². The minimum absolute atomic E-state index is 0.0374. The Labute approximate surface area is 236 Å². The molecule has 0 radical (unpaired) electrons. The monoisotopic (exact) mass is 545 g/mol. The van der Waals surface area contributed by atoms with Gasteiger partial charge >= 0.3 is 0 Å². The Morgan fingerprint density at radius 2 is 1.52 bits per heavy atom. The van der Waals surface area contributed by atoms with Crippen molar-refractivity contribution < 1.29 is 28.5 Å². The van der Waals surface area contributed by atoms with Gasteiger partial charge < -0.3 is 29.0 Å². The summed E-state index contributed by atoms with van der Waals surface area (Å²) in [5.74, 6) is -0.358. The Kier molecular flexibility index (Phi) is 9.62. The average molecular weight is 546 g/mol. The third-order valence-corrected chi connectivity index (χ3v) is 7.47. The van der Waals surface area contributed by atoms with Gasteiger partial charge in [-0.2, -0.15) is 0 Å². The molecule has 0 aliphatic carbocycles. The van der Waals surface area contributed by atoms with Gasteiger partial charge in [0.15, 0.2) is 12.6 Å². The summed E-state index contributed by atoms with van der Waals surface area (Å²) in [4.78, 5) is 13.2. The first kappa shape index (κ1) is 28.5. The molecule has 0 bridgehead atoms. The number of fused-ring (bicyclic) bond motifs is 1. The van der Waals surface area contributed by atoms with Gasteiger partial charge in [-0.1, -0.05) is 97.9 Å². The van der Waals surface area contributed by atoms with Crippen molar-refractivity contribution in [1.82, 2.24) is 5.32 Å². The molecular weight excluding hydrogens is 506 g/mol. The second-order valence-electron chi connectivity index (χ2n) is 10.7. The molecule has 1 N–H and O–H groups in total. The number of carbonyl (C=O) groups excluding carboxylic acids is 1. The minimum atomic E-state index is -0.694. The van der Waals surface area contributed by atoms with Crippen molar-refractivity contribution >= 4 is 5.91 Å². The van der Waals surface area contributed by atoms with Crippen LogP contribution in [0.5, 0.6) is 0 Å². The molecule has 0 aromatic heterocycles. The fraction of sp³-hybridized carbons (Fsp3) is 0.424. The molecule has 212 valence electrons. The van der Waals surface area contributed by atoms with Crippen molar-refractivity contribution in [2.24, 2.45) is 5.92 Å². The van der Waals surface area contributed by atoms with Gasteiger partial charge in [0.25, 0.3) is 0 Å². The second-order valence-corrected chi connectivity index (χ2v) is 10.7. The molecule has 7 nitrogen and oxygen atoms in total. The van der Waals surface area contributed by atoms with Crippen molar-refractivity contribution in [3.05, 3.63) is 108 Å². The first-order valence-corrected chi connectivity index (χ1v) is 14.1. The fourth-order valence-corrected chi connectivity index (χ4v) is 5.31. The number of amides is 1. The number of nitrogens with one attached hydrogen (secondary N) is 1. The van der Waals surface area contributed by atoms with Gasteiger partial charge in [0.1, 0.15) is 18.3 Å². The predicted molar refractivity (Wildman–Crippen MR) is 151 cm³/mol. The molecule has 3 aromatic rings. The molecule has 2 fully saturated rings. The molecule has 2 aliphatic rings. The molecule has 7 heteroatoms. The van der Waals surface area contributed by atoms with Crippen LogP contribution in [0.4, 0.5) is 0 Å². The number of rotatable bonds is 10. The van der Waals surface area contributed by atoms with E-state index in [-0.39, 0.29) is 17.9 Å². The molecule has 1 amide bonds. The molecule has 2 saturated heterocycles. The molecule has 2 heterocycles. The van der Waals surface area contributed by atoms with E-state index in [1.54, 1.807) is 6.92 Å². The molecular formula is C33H39NO6. The number of carbonyl (C=O) groups is 1. The predicted octanol–water partition coefficient (Wildman–Crippen LogP) is 5.20. The standard InChI is InChI=1S/C33H39NO6/c1-22(19-25-13-7-4-8-14-25)34-31(35)24(3)38-29-23(2)32(36-20-26-15-9-5-10-16-26)39-28-21-37-33(40-30(28)29)27-17-11-6-12-18-27/h4-18,22-24,28-30,32-33H,19-21H2,1-3H3,(H,34,35). The van der Waals surface area contributed by atoms with Gasteiger partial charge in [0.2, 0.25) is 5.91 Å². The number of ether oxygens (including phenoxy) is 5. The molecule has 8 atom stereocenters. The molecule has 0 saturated carbocycles. The van der Waals surface area contributed by atoms with Crippen LogP contribution in [-0.2, 0) is 41.5 Å². The third-order valence-electron chi connectivity index (χ3n) is 7.47. The summed E-state index contributed by atoms with van der Waals surface area (Å²) in [5, 5.41) is 3.11. The molecule has 8 unspecified atom stereocenters. The van der Waals surface area contributed by atoms with Gasteiger partial charge in [0.05, 0.1) is 19.3 Å². The normalized spacial score (nSPS) is 27.8. The van der Waals surface area contributed by atoms with Crippen LogP contribution in [0.25, 0.3) is 0 Å². The quantitative estimate of drug-likeness (QED) is 0.378. The van der Waals surface area contributed by atoms with E-state index >= 15 is 0 Å². The zero-order chi connectivity index (χ0) is 27.9. The highest BCUT2D eigenvalue weighted by atomic mass is 16.7. The SMILES string of the molecule is CC(Cc1ccccc1)NC(=O)C(C)OC1C(C)C(OCc2ccccc2)OC2COC(c3ccccc3)OC21. The van der Waals surface area contributed by atoms with Crippen LogP contribution >= 0.6 is 0 Å². The van der Waals surface area contributed by atoms with Crippen LogP contribution in [0.1, 0.15) is 43.8 Å². The number of hydrogen-bond donors (Lipinski definition) is 1. The van der Waals surface area contributed by atoms with Crippen LogP contribution in [0.3, 0.4) is 0 Å². The van der Waals surface area contributed by atoms with E-state index in [0.29, 0.717) is 13.2 Å². The largest absolute Gasteiger partial charge is 0.362 e. The molecule has 40 heavy (non-hydrogen) atoms. The summed E-state index contributed by atoms with van der Waals surface area (Å²) in [7, 11) is 0. The summed E-state index contributed by atoms with van der Waals surface area (Å²) < 4.78 is 31.6. The topological polar surface area (TPSA) is 75.3 Å². The van der Waals surface area contributed by atoms with E-state index in [4.69, 9.17) is 23.7 Å². The Bertz CT molecular complexity index is 1190. The van der Waals surface area contributed by atoms with Crippen LogP contribution in [0.2, 0.25) is 0 Å². The fourth-order valence-electron chi connectivity index (χ4n) is 5.31. The highest BCUT2D eigenvalue weighted by Crippen LogP contribution is 2.38. The number of benzene rings is 3. The van der Waals surface area contributed by atoms with Gasteiger partial charge in [-0.15, -0.1) is 0 Å². The molecule has 0 spiro atoms. The van der Waals surface area contributed by atoms with Gasteiger partial charge in [-0.25, -0.2) is 0 Å². The van der Waals surface area contributed by atoms with E-state index in [9.17, 15) is 4.79 Å². The Hall–Kier alpha value is -3.07. The lowest BCUT2D eigenvalue weighted by molar-refractivity contribution is -0.359. The lowest BCUT2D eigenvalue weighted by Crippen LogP contribution is -2.61. The summed E-state index contributed by atoms with van der Waals surface area (Å²) in [6, 6.07) is 29.9. The van der Waals surface area contributed by atoms with Crippen molar-refractivity contribution in [3.8, 4) is 0 Å². The van der Waals surface area contributed by atoms with Crippen molar-refractivity contribution in [3.63, 3.8) is 0 Å². The van der Waals surface area contributed by atoms with Crippen molar-refractivity contribution in [2.75, 3.05) is 6.61 Å². The zero-order valence-electron chi connectivity index (χ0n) is 23.3. The molecule has 5 rings (SSSR count). The lowest BCUT2D eigenvalue weighted by atomic mass is 9.91. The first-order chi connectivity index (χ1) is 19.5. The van der Waals surface area contributed by atoms with E-state index in [0.717, 1.165) is 17.5 Å². The lowest BCUT2D eigenvalue weighted by Gasteiger charge is -2.49. The average Bonchev–Trinajstić information content (AvgIpc) is 2.98. The highest BCUT2D eigenvalue weighted by Gasteiger charge is 2.50. The third kappa shape index (κ3) is 7.16. The maximum atomic E-state index is 13.2. The minimum Gasteiger partial charge on any atom is -0.362 e. The van der Waals surface area contributed by atoms with E-state index in [1.807, 2.05) is 92.7 Å². The summed E-state index contributed by atoms with van der Waals surface area (Å²) in [5.41, 5.74) is 3.15. The van der Waals surface area contributed by atoms with Gasteiger partial charge in [0, 0.05) is 17.5 Å². The van der Waals surface area contributed by atoms with Gasteiger partial charge in [-0.05, 0) is 31.4 Å². The van der Waals surface area contributed by atoms with E-state index in [1.165, 1.54) is 5.56 Å². The van der Waals surface area contributed by atoms with Crippen LogP contribution in [-0.4, -0.2) is 49.3 Å². The first-order valence-electron chi connectivity index (χ1n) is 14.1. The van der Waals surface area contributed by atoms with Crippen molar-refractivity contribution in [2.45, 2.75) is 76.8 Å². The van der Waals surface area contributed by atoms with Crippen LogP contribution in [0.15, 0.2) is 91.0 Å². The Balaban J connectivity index is 1.28. The maximum absolute atomic E-state index is 13.2. The van der Waals surface area contributed by atoms with Crippen LogP contribution < -0.4 is 5.32 Å². The van der Waals surface area contributed by atoms with Crippen LogP contribution in [0, 0.1) is 5.92 Å². The number of hydrogen-bond acceptors (Lipinski definition) is 6. The smallest absolute Gasteiger partial charge is 0.249 e. The van der Waals surface area contributed by atoms with E-state index < -0.39 is 37.0 Å². The maximum Gasteiger partial charge on any atom is 0.249 e. The Morgan fingerprint density at radius 1 is 0.900 bits per heavy atom. The molecule has 3 aromatic carbocycles. The Morgan fingerprint density at radius 3 is 2.20 bits per heavy atom. The zero-order valence-corrected chi connectivity index (χ0v) is 23.3. The molecule has 2 aliphatic heterocycles. The summed E-state index contributed by atoms with van der Waals surface area (Å²) in [6.07, 6.45) is -2.30. The summed E-state index contributed by atoms with van der Waals surface area (Å²) in [6.45, 7) is 6.55.